The van der Waals surface area contributed by atoms with Crippen LogP contribution in [0.4, 0.5) is 4.79 Å². The van der Waals surface area contributed by atoms with Crippen molar-refractivity contribution in [3.05, 3.63) is 42.5 Å². The number of hydrogen-bond acceptors (Lipinski definition) is 7. The Kier molecular flexibility index (Phi) is 6.97. The van der Waals surface area contributed by atoms with E-state index in [4.69, 9.17) is 9.47 Å². The van der Waals surface area contributed by atoms with Crippen molar-refractivity contribution in [3.63, 3.8) is 0 Å². The van der Waals surface area contributed by atoms with Crippen molar-refractivity contribution in [2.24, 2.45) is 11.8 Å². The monoisotopic (exact) mass is 466 g/mol. The second kappa shape index (κ2) is 9.21. The second-order valence-electron chi connectivity index (χ2n) is 8.33. The molecule has 10 heteroatoms. The minimum absolute atomic E-state index is 0.00344. The molecule has 2 amide bonds. The SMILES string of the molecule is C=CC(O)C[C@@H]1CN(C(=O)OC)[C@]2(COC)C(=O)N(S(=O)(=O)c3ccc(C)cc3)CC[C@H]12. The summed E-state index contributed by atoms with van der Waals surface area (Å²) < 4.78 is 37.9. The van der Waals surface area contributed by atoms with E-state index in [1.165, 1.54) is 37.3 Å². The van der Waals surface area contributed by atoms with Crippen LogP contribution in [0, 0.1) is 18.8 Å². The van der Waals surface area contributed by atoms with Crippen LogP contribution in [0.5, 0.6) is 0 Å². The lowest BCUT2D eigenvalue weighted by Crippen LogP contribution is -2.67. The van der Waals surface area contributed by atoms with Gasteiger partial charge in [0.1, 0.15) is 0 Å². The molecular weight excluding hydrogens is 436 g/mol. The Morgan fingerprint density at radius 1 is 1.34 bits per heavy atom. The van der Waals surface area contributed by atoms with Crippen molar-refractivity contribution in [1.82, 2.24) is 9.21 Å². The number of amides is 2. The summed E-state index contributed by atoms with van der Waals surface area (Å²) >= 11 is 0. The Morgan fingerprint density at radius 2 is 2.00 bits per heavy atom. The molecule has 2 heterocycles. The number of aliphatic hydroxyl groups is 1. The fourth-order valence-corrected chi connectivity index (χ4v) is 6.42. The number of hydrogen-bond donors (Lipinski definition) is 1. The van der Waals surface area contributed by atoms with Crippen LogP contribution in [0.1, 0.15) is 18.4 Å². The molecule has 176 valence electrons. The van der Waals surface area contributed by atoms with Crippen LogP contribution in [0.3, 0.4) is 0 Å². The number of aliphatic hydroxyl groups excluding tert-OH is 1. The molecule has 2 aliphatic heterocycles. The van der Waals surface area contributed by atoms with Gasteiger partial charge in [0.15, 0.2) is 5.54 Å². The lowest BCUT2D eigenvalue weighted by molar-refractivity contribution is -0.147. The van der Waals surface area contributed by atoms with Crippen LogP contribution in [-0.4, -0.2) is 80.3 Å². The number of nitrogens with zero attached hydrogens (tertiary/aromatic N) is 2. The first-order valence-electron chi connectivity index (χ1n) is 10.4. The first kappa shape index (κ1) is 24.2. The number of piperidine rings is 1. The molecule has 1 aromatic carbocycles. The summed E-state index contributed by atoms with van der Waals surface area (Å²) in [6.07, 6.45) is 0.443. The van der Waals surface area contributed by atoms with Gasteiger partial charge in [0, 0.05) is 26.1 Å². The maximum absolute atomic E-state index is 13.9. The van der Waals surface area contributed by atoms with Crippen molar-refractivity contribution in [2.75, 3.05) is 33.9 Å². The third-order valence-corrected chi connectivity index (χ3v) is 8.30. The zero-order valence-corrected chi connectivity index (χ0v) is 19.4. The molecule has 4 atom stereocenters. The molecule has 0 bridgehead atoms. The predicted molar refractivity (Wildman–Crippen MR) is 116 cm³/mol. The summed E-state index contributed by atoms with van der Waals surface area (Å²) in [5, 5.41) is 10.1. The van der Waals surface area contributed by atoms with Crippen LogP contribution in [0.25, 0.3) is 0 Å². The van der Waals surface area contributed by atoms with Crippen molar-refractivity contribution in [2.45, 2.75) is 36.3 Å². The highest BCUT2D eigenvalue weighted by atomic mass is 32.2. The molecule has 1 unspecified atom stereocenters. The van der Waals surface area contributed by atoms with Gasteiger partial charge in [-0.2, -0.15) is 0 Å². The zero-order chi connectivity index (χ0) is 23.7. The maximum atomic E-state index is 13.9. The van der Waals surface area contributed by atoms with E-state index >= 15 is 0 Å². The number of fused-ring (bicyclic) bond motifs is 1. The number of rotatable bonds is 7. The van der Waals surface area contributed by atoms with E-state index in [2.05, 4.69) is 6.58 Å². The van der Waals surface area contributed by atoms with Crippen LogP contribution in [0.15, 0.2) is 41.8 Å². The highest BCUT2D eigenvalue weighted by molar-refractivity contribution is 7.89. The predicted octanol–water partition coefficient (Wildman–Crippen LogP) is 1.55. The van der Waals surface area contributed by atoms with Gasteiger partial charge in [-0.3, -0.25) is 9.69 Å². The van der Waals surface area contributed by atoms with Gasteiger partial charge in [0.05, 0.1) is 24.7 Å². The number of aryl methyl sites for hydroxylation is 1. The first-order chi connectivity index (χ1) is 15.1. The number of benzene rings is 1. The fourth-order valence-electron chi connectivity index (χ4n) is 4.96. The highest BCUT2D eigenvalue weighted by Crippen LogP contribution is 2.48. The van der Waals surface area contributed by atoms with Crippen molar-refractivity contribution < 1.29 is 32.6 Å². The molecule has 9 nitrogen and oxygen atoms in total. The summed E-state index contributed by atoms with van der Waals surface area (Å²) in [4.78, 5) is 27.8. The topological polar surface area (TPSA) is 113 Å². The van der Waals surface area contributed by atoms with E-state index in [0.29, 0.717) is 6.42 Å². The first-order valence-corrected chi connectivity index (χ1v) is 11.9. The van der Waals surface area contributed by atoms with Gasteiger partial charge in [-0.1, -0.05) is 23.8 Å². The summed E-state index contributed by atoms with van der Waals surface area (Å²) in [5.41, 5.74) is -0.662. The van der Waals surface area contributed by atoms with Crippen LogP contribution in [0.2, 0.25) is 0 Å². The van der Waals surface area contributed by atoms with Gasteiger partial charge in [-0.05, 0) is 37.8 Å². The molecular formula is C22H30N2O7S. The molecule has 32 heavy (non-hydrogen) atoms. The average molecular weight is 467 g/mol. The fraction of sp³-hybridized carbons (Fsp3) is 0.545. The molecule has 1 N–H and O–H groups in total. The summed E-state index contributed by atoms with van der Waals surface area (Å²) in [6.45, 7) is 5.35. The van der Waals surface area contributed by atoms with E-state index in [1.807, 2.05) is 6.92 Å². The Hall–Kier alpha value is -2.43. The van der Waals surface area contributed by atoms with Crippen molar-refractivity contribution in [3.8, 4) is 0 Å². The van der Waals surface area contributed by atoms with Gasteiger partial charge < -0.3 is 14.6 Å². The van der Waals surface area contributed by atoms with Gasteiger partial charge in [0.2, 0.25) is 0 Å². The molecule has 0 spiro atoms. The van der Waals surface area contributed by atoms with Crippen molar-refractivity contribution >= 4 is 22.0 Å². The number of carbonyl (C=O) groups is 2. The van der Waals surface area contributed by atoms with Crippen LogP contribution in [-0.2, 0) is 24.3 Å². The summed E-state index contributed by atoms with van der Waals surface area (Å²) in [7, 11) is -1.54. The van der Waals surface area contributed by atoms with Gasteiger partial charge >= 0.3 is 6.09 Å². The quantitative estimate of drug-likeness (QED) is 0.607. The number of methoxy groups -OCH3 is 2. The average Bonchev–Trinajstić information content (AvgIpc) is 3.08. The summed E-state index contributed by atoms with van der Waals surface area (Å²) in [5.74, 6) is -1.39. The van der Waals surface area contributed by atoms with Gasteiger partial charge in [0.25, 0.3) is 15.9 Å². The Morgan fingerprint density at radius 3 is 2.56 bits per heavy atom. The van der Waals surface area contributed by atoms with E-state index in [0.717, 1.165) is 9.87 Å². The Balaban J connectivity index is 2.07. The highest BCUT2D eigenvalue weighted by Gasteiger charge is 2.65. The van der Waals surface area contributed by atoms with E-state index in [1.54, 1.807) is 12.1 Å². The maximum Gasteiger partial charge on any atom is 0.410 e. The Bertz CT molecular complexity index is 978. The van der Waals surface area contributed by atoms with Crippen LogP contribution >= 0.6 is 0 Å². The third kappa shape index (κ3) is 3.91. The molecule has 2 fully saturated rings. The Labute approximate surface area is 188 Å². The van der Waals surface area contributed by atoms with E-state index in [9.17, 15) is 23.1 Å². The number of likely N-dealkylation sites (tertiary alicyclic amines) is 1. The van der Waals surface area contributed by atoms with Crippen LogP contribution < -0.4 is 0 Å². The second-order valence-corrected chi connectivity index (χ2v) is 10.2. The molecule has 0 saturated carbocycles. The standard InChI is InChI=1S/C22H30N2O7S/c1-5-17(25)12-16-13-23(21(27)31-4)22(14-30-3)19(16)10-11-24(20(22)26)32(28,29)18-8-6-15(2)7-9-18/h5-9,16-17,19,25H,1,10-14H2,2-4H3/t16-,17?,19-,22+/m1/s1. The van der Waals surface area contributed by atoms with Gasteiger partial charge in [-0.25, -0.2) is 17.5 Å². The lowest BCUT2D eigenvalue weighted by Gasteiger charge is -2.46. The molecule has 2 aliphatic rings. The van der Waals surface area contributed by atoms with E-state index < -0.39 is 39.6 Å². The third-order valence-electron chi connectivity index (χ3n) is 6.51. The van der Waals surface area contributed by atoms with Gasteiger partial charge in [-0.15, -0.1) is 6.58 Å². The van der Waals surface area contributed by atoms with E-state index in [-0.39, 0.29) is 36.9 Å². The summed E-state index contributed by atoms with van der Waals surface area (Å²) in [6, 6.07) is 6.25. The molecule has 1 aromatic rings. The van der Waals surface area contributed by atoms with Crippen molar-refractivity contribution in [1.29, 1.82) is 0 Å². The molecule has 3 rings (SSSR count). The molecule has 0 radical (unpaired) electrons. The lowest BCUT2D eigenvalue weighted by atomic mass is 9.73. The number of sulfonamides is 1. The minimum Gasteiger partial charge on any atom is -0.453 e. The molecule has 2 saturated heterocycles. The zero-order valence-electron chi connectivity index (χ0n) is 18.6. The number of carbonyl (C=O) groups excluding carboxylic acids is 2. The smallest absolute Gasteiger partial charge is 0.410 e. The number of ether oxygens (including phenoxy) is 2. The minimum atomic E-state index is -4.14. The molecule has 0 aliphatic carbocycles. The molecule has 0 aromatic heterocycles. The normalized spacial score (nSPS) is 26.6. The largest absolute Gasteiger partial charge is 0.453 e.